The SMILES string of the molecule is C#CC(C)(C)OC(=O)OC1COS(=O)(=O)C1. The van der Waals surface area contributed by atoms with Crippen LogP contribution in [0, 0.1) is 12.3 Å². The summed E-state index contributed by atoms with van der Waals surface area (Å²) in [6.07, 6.45) is 3.26. The van der Waals surface area contributed by atoms with Gasteiger partial charge >= 0.3 is 6.16 Å². The second-order valence-electron chi connectivity index (χ2n) is 3.76. The van der Waals surface area contributed by atoms with Crippen LogP contribution in [0.4, 0.5) is 4.79 Å². The zero-order valence-electron chi connectivity index (χ0n) is 8.93. The molecule has 0 aliphatic carbocycles. The molecule has 0 saturated carbocycles. The van der Waals surface area contributed by atoms with Crippen molar-refractivity contribution in [3.05, 3.63) is 0 Å². The molecule has 1 saturated heterocycles. The van der Waals surface area contributed by atoms with Gasteiger partial charge in [-0.05, 0) is 13.8 Å². The Morgan fingerprint density at radius 3 is 2.62 bits per heavy atom. The van der Waals surface area contributed by atoms with Crippen LogP contribution in [0.3, 0.4) is 0 Å². The summed E-state index contributed by atoms with van der Waals surface area (Å²) in [4.78, 5) is 11.2. The summed E-state index contributed by atoms with van der Waals surface area (Å²) in [5.74, 6) is 1.88. The van der Waals surface area contributed by atoms with Crippen LogP contribution in [0.15, 0.2) is 0 Å². The summed E-state index contributed by atoms with van der Waals surface area (Å²) in [5, 5.41) is 0. The third kappa shape index (κ3) is 3.72. The average Bonchev–Trinajstić information content (AvgIpc) is 2.44. The highest BCUT2D eigenvalue weighted by Crippen LogP contribution is 2.14. The Labute approximate surface area is 94.0 Å². The van der Waals surface area contributed by atoms with Crippen molar-refractivity contribution in [2.24, 2.45) is 0 Å². The van der Waals surface area contributed by atoms with Gasteiger partial charge in [0.2, 0.25) is 0 Å². The molecule has 7 heteroatoms. The molecule has 0 spiro atoms. The van der Waals surface area contributed by atoms with Crippen molar-refractivity contribution < 1.29 is 26.9 Å². The second-order valence-corrected chi connectivity index (χ2v) is 5.44. The molecule has 1 atom stereocenters. The maximum atomic E-state index is 11.2. The first kappa shape index (κ1) is 12.8. The van der Waals surface area contributed by atoms with E-state index < -0.39 is 28.0 Å². The first-order valence-electron chi connectivity index (χ1n) is 4.48. The second kappa shape index (κ2) is 4.31. The Balaban J connectivity index is 2.46. The van der Waals surface area contributed by atoms with Crippen LogP contribution in [-0.4, -0.2) is 38.6 Å². The van der Waals surface area contributed by atoms with E-state index >= 15 is 0 Å². The Morgan fingerprint density at radius 2 is 2.19 bits per heavy atom. The molecule has 1 heterocycles. The Kier molecular flexibility index (Phi) is 3.45. The number of rotatable bonds is 2. The summed E-state index contributed by atoms with van der Waals surface area (Å²) in [6, 6.07) is 0. The van der Waals surface area contributed by atoms with Crippen LogP contribution in [0.5, 0.6) is 0 Å². The molecule has 0 N–H and O–H groups in total. The first-order chi connectivity index (χ1) is 7.24. The zero-order chi connectivity index (χ0) is 12.4. The molecule has 90 valence electrons. The number of hydrogen-bond donors (Lipinski definition) is 0. The molecular formula is C9H12O6S. The lowest BCUT2D eigenvalue weighted by Gasteiger charge is -2.19. The van der Waals surface area contributed by atoms with Gasteiger partial charge in [-0.3, -0.25) is 4.18 Å². The molecule has 6 nitrogen and oxygen atoms in total. The Bertz CT molecular complexity index is 416. The molecule has 1 fully saturated rings. The van der Waals surface area contributed by atoms with Crippen LogP contribution in [-0.2, 0) is 23.8 Å². The van der Waals surface area contributed by atoms with Crippen molar-refractivity contribution in [3.63, 3.8) is 0 Å². The fourth-order valence-corrected chi connectivity index (χ4v) is 2.04. The van der Waals surface area contributed by atoms with Gasteiger partial charge in [0.15, 0.2) is 5.60 Å². The van der Waals surface area contributed by atoms with E-state index in [1.165, 1.54) is 13.8 Å². The van der Waals surface area contributed by atoms with Gasteiger partial charge in [-0.25, -0.2) is 4.79 Å². The largest absolute Gasteiger partial charge is 0.510 e. The van der Waals surface area contributed by atoms with Gasteiger partial charge in [-0.1, -0.05) is 5.92 Å². The topological polar surface area (TPSA) is 78.9 Å². The summed E-state index contributed by atoms with van der Waals surface area (Å²) in [7, 11) is -3.56. The van der Waals surface area contributed by atoms with Crippen molar-refractivity contribution in [2.45, 2.75) is 25.6 Å². The van der Waals surface area contributed by atoms with Gasteiger partial charge in [0.25, 0.3) is 10.1 Å². The van der Waals surface area contributed by atoms with E-state index in [2.05, 4.69) is 10.1 Å². The standard InChI is InChI=1S/C9H12O6S/c1-4-9(2,3)15-8(10)14-7-5-13-16(11,12)6-7/h1,7H,5-6H2,2-3H3. The highest BCUT2D eigenvalue weighted by atomic mass is 32.2. The molecule has 1 aliphatic rings. The molecule has 1 aliphatic heterocycles. The molecular weight excluding hydrogens is 236 g/mol. The third-order valence-electron chi connectivity index (χ3n) is 1.77. The highest BCUT2D eigenvalue weighted by Gasteiger charge is 2.33. The van der Waals surface area contributed by atoms with Crippen molar-refractivity contribution in [1.82, 2.24) is 0 Å². The fraction of sp³-hybridized carbons (Fsp3) is 0.667. The molecule has 16 heavy (non-hydrogen) atoms. The van der Waals surface area contributed by atoms with Gasteiger partial charge in [0.05, 0.1) is 0 Å². The first-order valence-corrected chi connectivity index (χ1v) is 6.06. The molecule has 0 aromatic heterocycles. The predicted molar refractivity (Wildman–Crippen MR) is 54.0 cm³/mol. The minimum Gasteiger partial charge on any atom is -0.427 e. The maximum Gasteiger partial charge on any atom is 0.510 e. The number of hydrogen-bond acceptors (Lipinski definition) is 6. The summed E-state index contributed by atoms with van der Waals surface area (Å²) in [6.45, 7) is 2.83. The fourth-order valence-electron chi connectivity index (χ4n) is 0.969. The molecule has 0 aromatic rings. The van der Waals surface area contributed by atoms with Crippen molar-refractivity contribution >= 4 is 16.3 Å². The van der Waals surface area contributed by atoms with Gasteiger partial charge in [-0.2, -0.15) is 8.42 Å². The van der Waals surface area contributed by atoms with Crippen LogP contribution < -0.4 is 0 Å². The van der Waals surface area contributed by atoms with Crippen LogP contribution >= 0.6 is 0 Å². The Morgan fingerprint density at radius 1 is 1.56 bits per heavy atom. The number of ether oxygens (including phenoxy) is 2. The quantitative estimate of drug-likeness (QED) is 0.397. The zero-order valence-corrected chi connectivity index (χ0v) is 9.74. The molecule has 0 aromatic carbocycles. The number of carbonyl (C=O) groups is 1. The Hall–Kier alpha value is -1.26. The van der Waals surface area contributed by atoms with Gasteiger partial charge in [0.1, 0.15) is 18.5 Å². The highest BCUT2D eigenvalue weighted by molar-refractivity contribution is 7.87. The number of carbonyl (C=O) groups excluding carboxylic acids is 1. The normalized spacial score (nSPS) is 23.4. The summed E-state index contributed by atoms with van der Waals surface area (Å²) in [5.41, 5.74) is -1.09. The van der Waals surface area contributed by atoms with Crippen molar-refractivity contribution in [3.8, 4) is 12.3 Å². The van der Waals surface area contributed by atoms with Gasteiger partial charge in [0, 0.05) is 0 Å². The lowest BCUT2D eigenvalue weighted by atomic mass is 10.2. The van der Waals surface area contributed by atoms with Gasteiger partial charge in [-0.15, -0.1) is 6.42 Å². The molecule has 0 bridgehead atoms. The maximum absolute atomic E-state index is 11.2. The van der Waals surface area contributed by atoms with E-state index in [0.717, 1.165) is 0 Å². The third-order valence-corrected chi connectivity index (χ3v) is 3.05. The predicted octanol–water partition coefficient (Wildman–Crippen LogP) is 0.280. The van der Waals surface area contributed by atoms with E-state index in [1.807, 2.05) is 0 Å². The number of terminal acetylenes is 1. The minimum atomic E-state index is -3.56. The van der Waals surface area contributed by atoms with Crippen LogP contribution in [0.1, 0.15) is 13.8 Å². The molecule has 0 amide bonds. The monoisotopic (exact) mass is 248 g/mol. The smallest absolute Gasteiger partial charge is 0.427 e. The average molecular weight is 248 g/mol. The molecule has 1 rings (SSSR count). The molecule has 0 radical (unpaired) electrons. The van der Waals surface area contributed by atoms with Gasteiger partial charge < -0.3 is 9.47 Å². The molecule has 1 unspecified atom stereocenters. The van der Waals surface area contributed by atoms with E-state index in [0.29, 0.717) is 0 Å². The van der Waals surface area contributed by atoms with Crippen LogP contribution in [0.2, 0.25) is 0 Å². The van der Waals surface area contributed by atoms with Crippen LogP contribution in [0.25, 0.3) is 0 Å². The van der Waals surface area contributed by atoms with Crippen molar-refractivity contribution in [2.75, 3.05) is 12.4 Å². The lowest BCUT2D eigenvalue weighted by Crippen LogP contribution is -2.30. The van der Waals surface area contributed by atoms with E-state index in [-0.39, 0.29) is 12.4 Å². The van der Waals surface area contributed by atoms with E-state index in [4.69, 9.17) is 15.9 Å². The van der Waals surface area contributed by atoms with E-state index in [9.17, 15) is 13.2 Å². The van der Waals surface area contributed by atoms with E-state index in [1.54, 1.807) is 0 Å². The summed E-state index contributed by atoms with van der Waals surface area (Å²) >= 11 is 0. The summed E-state index contributed by atoms with van der Waals surface area (Å²) < 4.78 is 35.7. The van der Waals surface area contributed by atoms with Crippen molar-refractivity contribution in [1.29, 1.82) is 0 Å². The minimum absolute atomic E-state index is 0.187. The lowest BCUT2D eigenvalue weighted by molar-refractivity contribution is -0.0118.